The van der Waals surface area contributed by atoms with Crippen molar-refractivity contribution in [3.63, 3.8) is 0 Å². The number of carbonyl (C=O) groups is 3. The van der Waals surface area contributed by atoms with Gasteiger partial charge < -0.3 is 26.4 Å². The van der Waals surface area contributed by atoms with Crippen LogP contribution in [0.4, 0.5) is 0 Å². The van der Waals surface area contributed by atoms with Crippen molar-refractivity contribution < 1.29 is 29.7 Å². The van der Waals surface area contributed by atoms with Crippen LogP contribution in [0.25, 0.3) is 0 Å². The van der Waals surface area contributed by atoms with E-state index in [4.69, 9.17) is 15.9 Å². The molecule has 0 aromatic rings. The fraction of sp³-hybridized carbons (Fsp3) is 0.560. The highest BCUT2D eigenvalue weighted by atomic mass is 32.2. The molecule has 1 amide bonds. The van der Waals surface area contributed by atoms with Crippen LogP contribution in [0, 0.1) is 0 Å². The number of carboxylic acids is 2. The molecule has 0 aliphatic rings. The van der Waals surface area contributed by atoms with E-state index in [1.807, 2.05) is 24.3 Å². The van der Waals surface area contributed by atoms with Crippen molar-refractivity contribution in [2.75, 3.05) is 12.3 Å². The topological polar surface area (TPSA) is 150 Å². The van der Waals surface area contributed by atoms with E-state index in [0.717, 1.165) is 12.8 Å². The number of amides is 1. The smallest absolute Gasteiger partial charge is 0.322 e. The Kier molecular flexibility index (Phi) is 19.7. The molecule has 9 heteroatoms. The minimum absolute atomic E-state index is 0.0347. The Morgan fingerprint density at radius 3 is 2.38 bits per heavy atom. The summed E-state index contributed by atoms with van der Waals surface area (Å²) in [4.78, 5) is 33.2. The Hall–Kier alpha value is -2.36. The van der Waals surface area contributed by atoms with Crippen LogP contribution in [0.2, 0.25) is 0 Å². The van der Waals surface area contributed by atoms with Crippen LogP contribution in [0.5, 0.6) is 0 Å². The van der Waals surface area contributed by atoms with Crippen molar-refractivity contribution in [1.29, 1.82) is 0 Å². The first-order chi connectivity index (χ1) is 16.3. The highest BCUT2D eigenvalue weighted by molar-refractivity contribution is 8.00. The normalized spacial score (nSPS) is 14.8. The Balaban J connectivity index is 4.70. The number of rotatable bonds is 20. The maximum absolute atomic E-state index is 11.9. The van der Waals surface area contributed by atoms with E-state index in [2.05, 4.69) is 24.4 Å². The quantitative estimate of drug-likeness (QED) is 0.0977. The lowest BCUT2D eigenvalue weighted by Crippen LogP contribution is -2.44. The molecule has 192 valence electrons. The first-order valence-corrected chi connectivity index (χ1v) is 12.7. The number of hydrogen-bond acceptors (Lipinski definition) is 6. The van der Waals surface area contributed by atoms with E-state index in [9.17, 15) is 19.5 Å². The minimum atomic E-state index is -1.16. The number of nitrogens with two attached hydrogens (primary N) is 1. The van der Waals surface area contributed by atoms with Gasteiger partial charge in [-0.25, -0.2) is 0 Å². The molecule has 34 heavy (non-hydrogen) atoms. The second-order valence-corrected chi connectivity index (χ2v) is 8.98. The molecule has 0 unspecified atom stereocenters. The predicted molar refractivity (Wildman–Crippen MR) is 138 cm³/mol. The van der Waals surface area contributed by atoms with Gasteiger partial charge in [0.25, 0.3) is 0 Å². The summed E-state index contributed by atoms with van der Waals surface area (Å²) >= 11 is 1.26. The molecule has 0 radical (unpaired) electrons. The van der Waals surface area contributed by atoms with E-state index in [0.29, 0.717) is 12.8 Å². The number of aliphatic hydroxyl groups excluding tert-OH is 1. The van der Waals surface area contributed by atoms with Crippen molar-refractivity contribution >= 4 is 29.6 Å². The Labute approximate surface area is 207 Å². The molecule has 8 nitrogen and oxygen atoms in total. The SMILES string of the molecule is CCCCC/C=C/C/C=C/C=C/C=C/[C@@H](SC[C@H](N)C(=O)NCC(=O)O)[C@@H](O)CCCC(=O)O. The van der Waals surface area contributed by atoms with E-state index < -0.39 is 41.8 Å². The first kappa shape index (κ1) is 31.6. The zero-order chi connectivity index (χ0) is 25.6. The first-order valence-electron chi connectivity index (χ1n) is 11.7. The van der Waals surface area contributed by atoms with Crippen LogP contribution >= 0.6 is 11.8 Å². The highest BCUT2D eigenvalue weighted by Crippen LogP contribution is 2.21. The Morgan fingerprint density at radius 1 is 0.971 bits per heavy atom. The number of nitrogens with one attached hydrogen (secondary N) is 1. The molecule has 3 atom stereocenters. The third-order valence-electron chi connectivity index (χ3n) is 4.67. The molecular formula is C25H40N2O6S. The third-order valence-corrected chi connectivity index (χ3v) is 6.08. The number of hydrogen-bond donors (Lipinski definition) is 5. The van der Waals surface area contributed by atoms with Gasteiger partial charge in [0.1, 0.15) is 6.54 Å². The maximum atomic E-state index is 11.9. The summed E-state index contributed by atoms with van der Waals surface area (Å²) in [5.41, 5.74) is 5.82. The second-order valence-electron chi connectivity index (χ2n) is 7.77. The molecule has 0 aliphatic heterocycles. The van der Waals surface area contributed by atoms with Gasteiger partial charge in [0.05, 0.1) is 12.1 Å². The Bertz CT molecular complexity index is 706. The van der Waals surface area contributed by atoms with Crippen molar-refractivity contribution in [2.24, 2.45) is 5.73 Å². The summed E-state index contributed by atoms with van der Waals surface area (Å²) in [5.74, 6) is -2.49. The lowest BCUT2D eigenvalue weighted by atomic mass is 10.1. The van der Waals surface area contributed by atoms with Gasteiger partial charge in [-0.3, -0.25) is 14.4 Å². The van der Waals surface area contributed by atoms with E-state index in [1.54, 1.807) is 12.2 Å². The fourth-order valence-electron chi connectivity index (χ4n) is 2.77. The lowest BCUT2D eigenvalue weighted by Gasteiger charge is -2.21. The van der Waals surface area contributed by atoms with Crippen molar-refractivity contribution in [3.8, 4) is 0 Å². The molecule has 0 spiro atoms. The van der Waals surface area contributed by atoms with Crippen molar-refractivity contribution in [3.05, 3.63) is 48.6 Å². The lowest BCUT2D eigenvalue weighted by molar-refractivity contribution is -0.138. The molecule has 0 heterocycles. The van der Waals surface area contributed by atoms with Gasteiger partial charge in [-0.05, 0) is 32.1 Å². The number of aliphatic carboxylic acids is 2. The van der Waals surface area contributed by atoms with Gasteiger partial charge in [0.2, 0.25) is 5.91 Å². The van der Waals surface area contributed by atoms with Crippen molar-refractivity contribution in [2.45, 2.75) is 75.7 Å². The summed E-state index contributed by atoms with van der Waals surface area (Å²) in [6.45, 7) is 1.68. The predicted octanol–water partition coefficient (Wildman–Crippen LogP) is 3.43. The number of unbranched alkanes of at least 4 members (excludes halogenated alkanes) is 3. The monoisotopic (exact) mass is 496 g/mol. The van der Waals surface area contributed by atoms with Crippen molar-refractivity contribution in [1.82, 2.24) is 5.32 Å². The van der Waals surface area contributed by atoms with Crippen LogP contribution in [0.15, 0.2) is 48.6 Å². The summed E-state index contributed by atoms with van der Waals surface area (Å²) in [7, 11) is 0. The average molecular weight is 497 g/mol. The number of carboxylic acid groups (broad SMARTS) is 2. The standard InChI is InChI=1S/C25H40N2O6S/c1-2-3-4-5-6-7-8-9-10-11-12-13-16-22(21(28)15-14-17-23(29)30)34-19-20(26)25(33)27-18-24(31)32/h6-7,9-13,16,20-22,28H,2-5,8,14-15,17-19,26H2,1H3,(H,27,33)(H,29,30)(H,31,32)/b7-6+,10-9+,12-11+,16-13+/t20-,21-,22+/m0/s1. The minimum Gasteiger partial charge on any atom is -0.481 e. The van der Waals surface area contributed by atoms with E-state index in [-0.39, 0.29) is 12.2 Å². The zero-order valence-electron chi connectivity index (χ0n) is 20.0. The molecule has 0 saturated heterocycles. The number of allylic oxidation sites excluding steroid dienone is 7. The van der Waals surface area contributed by atoms with Gasteiger partial charge in [-0.1, -0.05) is 68.4 Å². The molecule has 0 bridgehead atoms. The number of thioether (sulfide) groups is 1. The van der Waals surface area contributed by atoms with Crippen LogP contribution in [-0.4, -0.2) is 62.9 Å². The largest absolute Gasteiger partial charge is 0.481 e. The molecule has 6 N–H and O–H groups in total. The van der Waals surface area contributed by atoms with Gasteiger partial charge in [0.15, 0.2) is 0 Å². The summed E-state index contributed by atoms with van der Waals surface area (Å²) in [6.07, 6.45) is 21.1. The molecule has 0 aromatic heterocycles. The van der Waals surface area contributed by atoms with E-state index in [1.165, 1.54) is 31.0 Å². The molecule has 0 aliphatic carbocycles. The van der Waals surface area contributed by atoms with Crippen LogP contribution < -0.4 is 11.1 Å². The zero-order valence-corrected chi connectivity index (χ0v) is 20.8. The molecule has 0 rings (SSSR count). The van der Waals surface area contributed by atoms with Crippen LogP contribution in [-0.2, 0) is 14.4 Å². The van der Waals surface area contributed by atoms with E-state index >= 15 is 0 Å². The fourth-order valence-corrected chi connectivity index (χ4v) is 3.91. The third kappa shape index (κ3) is 19.1. The molecular weight excluding hydrogens is 456 g/mol. The van der Waals surface area contributed by atoms with Gasteiger partial charge >= 0.3 is 11.9 Å². The number of carbonyl (C=O) groups excluding carboxylic acids is 1. The summed E-state index contributed by atoms with van der Waals surface area (Å²) in [6, 6.07) is -0.931. The highest BCUT2D eigenvalue weighted by Gasteiger charge is 2.21. The van der Waals surface area contributed by atoms with Gasteiger partial charge in [-0.2, -0.15) is 0 Å². The van der Waals surface area contributed by atoms with Crippen LogP contribution in [0.1, 0.15) is 58.3 Å². The summed E-state index contributed by atoms with van der Waals surface area (Å²) < 4.78 is 0. The number of aliphatic hydroxyl groups is 1. The van der Waals surface area contributed by atoms with Gasteiger partial charge in [0, 0.05) is 17.4 Å². The average Bonchev–Trinajstić information content (AvgIpc) is 2.79. The maximum Gasteiger partial charge on any atom is 0.322 e. The molecule has 0 fully saturated rings. The second kappa shape index (κ2) is 21.2. The van der Waals surface area contributed by atoms with Gasteiger partial charge in [-0.15, -0.1) is 11.8 Å². The summed E-state index contributed by atoms with van der Waals surface area (Å²) in [5, 5.41) is 29.8. The Morgan fingerprint density at radius 2 is 1.71 bits per heavy atom. The molecule has 0 saturated carbocycles. The van der Waals surface area contributed by atoms with Crippen LogP contribution in [0.3, 0.4) is 0 Å². The molecule has 0 aromatic carbocycles.